The third-order valence-electron chi connectivity index (χ3n) is 1.90. The van der Waals surface area contributed by atoms with Gasteiger partial charge in [-0.1, -0.05) is 24.3 Å². The number of nitrogens with zero attached hydrogens (tertiary/aromatic N) is 2. The fourth-order valence-corrected chi connectivity index (χ4v) is 1.05. The second-order valence-corrected chi connectivity index (χ2v) is 3.29. The van der Waals surface area contributed by atoms with Crippen LogP contribution in [-0.2, 0) is 0 Å². The number of carbonyl (C=O) groups excluding carboxylic acids is 2. The summed E-state index contributed by atoms with van der Waals surface area (Å²) < 4.78 is 0. The van der Waals surface area contributed by atoms with Crippen LogP contribution in [0, 0.1) is 0 Å². The molecule has 6 N–H and O–H groups in total. The number of hydrogen-bond donors (Lipinski definition) is 6. The standard InChI is InChI=1S/C10H12N6O4/c17-9(15-19)13-11-5-7-1-2-8(4-3-7)6-12-14-10(18)16-20/h1-6,19-20H,(H2,13,15,17)(H2,14,16,18)/b11-5+,12-6+. The van der Waals surface area contributed by atoms with Crippen molar-refractivity contribution in [2.45, 2.75) is 0 Å². The van der Waals surface area contributed by atoms with E-state index in [0.717, 1.165) is 0 Å². The van der Waals surface area contributed by atoms with E-state index in [4.69, 9.17) is 10.4 Å². The minimum Gasteiger partial charge on any atom is -0.287 e. The highest BCUT2D eigenvalue weighted by atomic mass is 16.5. The number of hydrogen-bond acceptors (Lipinski definition) is 6. The second kappa shape index (κ2) is 8.18. The molecule has 0 aromatic heterocycles. The molecule has 0 bridgehead atoms. The maximum atomic E-state index is 10.6. The van der Waals surface area contributed by atoms with Crippen molar-refractivity contribution in [3.05, 3.63) is 35.4 Å². The van der Waals surface area contributed by atoms with Gasteiger partial charge in [-0.15, -0.1) is 0 Å². The third kappa shape index (κ3) is 5.57. The lowest BCUT2D eigenvalue weighted by molar-refractivity contribution is 0.162. The number of urea groups is 2. The molecule has 4 amide bonds. The highest BCUT2D eigenvalue weighted by Gasteiger charge is 1.94. The lowest BCUT2D eigenvalue weighted by Gasteiger charge is -1.97. The summed E-state index contributed by atoms with van der Waals surface area (Å²) in [5.74, 6) is 0. The van der Waals surface area contributed by atoms with Crippen molar-refractivity contribution in [2.24, 2.45) is 10.2 Å². The quantitative estimate of drug-likeness (QED) is 0.256. The fraction of sp³-hybridized carbons (Fsp3) is 0. The summed E-state index contributed by atoms with van der Waals surface area (Å²) in [5.41, 5.74) is 8.14. The molecule has 10 heteroatoms. The van der Waals surface area contributed by atoms with E-state index in [-0.39, 0.29) is 0 Å². The van der Waals surface area contributed by atoms with Crippen molar-refractivity contribution in [3.63, 3.8) is 0 Å². The van der Waals surface area contributed by atoms with Gasteiger partial charge < -0.3 is 0 Å². The van der Waals surface area contributed by atoms with Gasteiger partial charge in [0.05, 0.1) is 12.4 Å². The van der Waals surface area contributed by atoms with Gasteiger partial charge in [-0.2, -0.15) is 10.2 Å². The van der Waals surface area contributed by atoms with Crippen molar-refractivity contribution in [2.75, 3.05) is 0 Å². The largest absolute Gasteiger partial charge is 0.358 e. The lowest BCUT2D eigenvalue weighted by Crippen LogP contribution is -2.29. The van der Waals surface area contributed by atoms with Crippen LogP contribution >= 0.6 is 0 Å². The summed E-state index contributed by atoms with van der Waals surface area (Å²) in [7, 11) is 0. The van der Waals surface area contributed by atoms with Gasteiger partial charge in [0.25, 0.3) is 0 Å². The van der Waals surface area contributed by atoms with Crippen LogP contribution in [0.15, 0.2) is 34.5 Å². The molecule has 0 saturated carbocycles. The van der Waals surface area contributed by atoms with Crippen LogP contribution in [0.3, 0.4) is 0 Å². The minimum atomic E-state index is -0.849. The minimum absolute atomic E-state index is 0.696. The van der Waals surface area contributed by atoms with E-state index >= 15 is 0 Å². The Labute approximate surface area is 113 Å². The zero-order valence-electron chi connectivity index (χ0n) is 10.1. The van der Waals surface area contributed by atoms with Crippen molar-refractivity contribution < 1.29 is 20.0 Å². The summed E-state index contributed by atoms with van der Waals surface area (Å²) in [6.07, 6.45) is 2.74. The van der Waals surface area contributed by atoms with Crippen LogP contribution in [0.5, 0.6) is 0 Å². The molecular weight excluding hydrogens is 268 g/mol. The first-order valence-corrected chi connectivity index (χ1v) is 5.22. The van der Waals surface area contributed by atoms with E-state index in [2.05, 4.69) is 10.2 Å². The Hall–Kier alpha value is -2.98. The second-order valence-electron chi connectivity index (χ2n) is 3.29. The van der Waals surface area contributed by atoms with Gasteiger partial charge >= 0.3 is 12.1 Å². The molecule has 0 fully saturated rings. The van der Waals surface area contributed by atoms with Gasteiger partial charge in [-0.05, 0) is 11.1 Å². The molecule has 1 aromatic rings. The number of carbonyl (C=O) groups is 2. The maximum Gasteiger partial charge on any atom is 0.358 e. The summed E-state index contributed by atoms with van der Waals surface area (Å²) >= 11 is 0. The predicted octanol–water partition coefficient (Wildman–Crippen LogP) is -0.269. The number of hydroxylamine groups is 2. The van der Waals surface area contributed by atoms with E-state index < -0.39 is 12.1 Å². The van der Waals surface area contributed by atoms with Crippen molar-refractivity contribution in [1.82, 2.24) is 21.8 Å². The average molecular weight is 280 g/mol. The molecule has 0 aliphatic heterocycles. The number of rotatable bonds is 4. The Morgan fingerprint density at radius 1 is 0.850 bits per heavy atom. The van der Waals surface area contributed by atoms with E-state index in [1.165, 1.54) is 23.4 Å². The van der Waals surface area contributed by atoms with Crippen LogP contribution in [0.2, 0.25) is 0 Å². The van der Waals surface area contributed by atoms with Crippen LogP contribution < -0.4 is 21.8 Å². The smallest absolute Gasteiger partial charge is 0.287 e. The van der Waals surface area contributed by atoms with E-state index in [0.29, 0.717) is 11.1 Å². The lowest BCUT2D eigenvalue weighted by atomic mass is 10.2. The molecule has 0 radical (unpaired) electrons. The Bertz CT molecular complexity index is 466. The van der Waals surface area contributed by atoms with Crippen LogP contribution in [0.4, 0.5) is 9.59 Å². The van der Waals surface area contributed by atoms with Crippen molar-refractivity contribution in [3.8, 4) is 0 Å². The molecule has 1 rings (SSSR count). The Balaban J connectivity index is 2.51. The molecule has 106 valence electrons. The van der Waals surface area contributed by atoms with Crippen molar-refractivity contribution >= 4 is 24.5 Å². The van der Waals surface area contributed by atoms with Gasteiger partial charge in [0.1, 0.15) is 0 Å². The molecule has 10 nitrogen and oxygen atoms in total. The van der Waals surface area contributed by atoms with Gasteiger partial charge in [-0.3, -0.25) is 10.4 Å². The van der Waals surface area contributed by atoms with Gasteiger partial charge in [-0.25, -0.2) is 31.4 Å². The molecule has 0 aliphatic carbocycles. The van der Waals surface area contributed by atoms with Gasteiger partial charge in [0, 0.05) is 0 Å². The number of hydrazone groups is 2. The summed E-state index contributed by atoms with van der Waals surface area (Å²) in [6.45, 7) is 0. The Kier molecular flexibility index (Phi) is 6.17. The van der Waals surface area contributed by atoms with Crippen LogP contribution in [0.25, 0.3) is 0 Å². The molecule has 0 saturated heterocycles. The molecule has 0 atom stereocenters. The molecule has 20 heavy (non-hydrogen) atoms. The molecule has 0 aliphatic rings. The highest BCUT2D eigenvalue weighted by molar-refractivity contribution is 5.85. The van der Waals surface area contributed by atoms with E-state index in [1.807, 2.05) is 10.9 Å². The summed E-state index contributed by atoms with van der Waals surface area (Å²) in [4.78, 5) is 21.2. The first-order chi connectivity index (χ1) is 9.65. The number of nitrogens with one attached hydrogen (secondary N) is 4. The maximum absolute atomic E-state index is 10.6. The molecule has 0 spiro atoms. The normalized spacial score (nSPS) is 10.5. The molecule has 1 aromatic carbocycles. The Morgan fingerprint density at radius 3 is 1.50 bits per heavy atom. The van der Waals surface area contributed by atoms with Crippen molar-refractivity contribution in [1.29, 1.82) is 0 Å². The van der Waals surface area contributed by atoms with E-state index in [1.54, 1.807) is 24.3 Å². The van der Waals surface area contributed by atoms with E-state index in [9.17, 15) is 9.59 Å². The molecule has 0 unspecified atom stereocenters. The molecule has 0 heterocycles. The molecular formula is C10H12N6O4. The predicted molar refractivity (Wildman–Crippen MR) is 68.5 cm³/mol. The SMILES string of the molecule is O=C(NO)N/N=C/c1ccc(/C=N/NC(=O)NO)cc1. The van der Waals surface area contributed by atoms with Crippen LogP contribution in [0.1, 0.15) is 11.1 Å². The monoisotopic (exact) mass is 280 g/mol. The third-order valence-corrected chi connectivity index (χ3v) is 1.90. The van der Waals surface area contributed by atoms with Gasteiger partial charge in [0.15, 0.2) is 0 Å². The zero-order valence-corrected chi connectivity index (χ0v) is 10.1. The number of benzene rings is 1. The number of amides is 4. The first kappa shape index (κ1) is 15.1. The topological polar surface area (TPSA) is 147 Å². The zero-order chi connectivity index (χ0) is 14.8. The Morgan fingerprint density at radius 2 is 1.20 bits per heavy atom. The highest BCUT2D eigenvalue weighted by Crippen LogP contribution is 1.99. The van der Waals surface area contributed by atoms with Gasteiger partial charge in [0.2, 0.25) is 0 Å². The fourth-order valence-electron chi connectivity index (χ4n) is 1.05. The summed E-state index contributed by atoms with van der Waals surface area (Å²) in [6, 6.07) is 5.06. The van der Waals surface area contributed by atoms with Crippen LogP contribution in [-0.4, -0.2) is 34.9 Å². The average Bonchev–Trinajstić information content (AvgIpc) is 2.48. The first-order valence-electron chi connectivity index (χ1n) is 5.22. The summed E-state index contributed by atoms with van der Waals surface area (Å²) in [5, 5.41) is 23.5.